The van der Waals surface area contributed by atoms with Crippen molar-refractivity contribution in [1.29, 1.82) is 0 Å². The summed E-state index contributed by atoms with van der Waals surface area (Å²) in [5, 5.41) is 4.93. The van der Waals surface area contributed by atoms with Crippen molar-refractivity contribution in [3.8, 4) is 39.3 Å². The molecule has 12 rings (SSSR count). The van der Waals surface area contributed by atoms with Gasteiger partial charge < -0.3 is 13.7 Å². The van der Waals surface area contributed by atoms with Crippen LogP contribution in [0.2, 0.25) is 0 Å². The Kier molecular flexibility index (Phi) is 8.57. The lowest BCUT2D eigenvalue weighted by Crippen LogP contribution is -2.15. The number of amides is 1. The largest absolute Gasteiger partial charge is 0.327 e. The van der Waals surface area contributed by atoms with Gasteiger partial charge in [0.25, 0.3) is 0 Å². The number of hydrogen-bond acceptors (Lipinski definition) is 2. The van der Waals surface area contributed by atoms with Crippen molar-refractivity contribution in [3.05, 3.63) is 200 Å². The number of carbonyl (C=O) groups is 1. The van der Waals surface area contributed by atoms with Crippen LogP contribution < -0.4 is 4.90 Å². The van der Waals surface area contributed by atoms with Crippen molar-refractivity contribution in [2.45, 2.75) is 12.8 Å². The van der Waals surface area contributed by atoms with E-state index in [0.717, 1.165) is 80.9 Å². The molecule has 6 nitrogen and oxygen atoms in total. The average Bonchev–Trinajstić information content (AvgIpc) is 3.99. The molecule has 0 N–H and O–H groups in total. The van der Waals surface area contributed by atoms with Gasteiger partial charge in [0.2, 0.25) is 6.41 Å². The van der Waals surface area contributed by atoms with E-state index in [2.05, 4.69) is 159 Å². The summed E-state index contributed by atoms with van der Waals surface area (Å²) in [4.78, 5) is 19.6. The summed E-state index contributed by atoms with van der Waals surface area (Å²) in [5.41, 5.74) is 15.9. The van der Waals surface area contributed by atoms with Crippen LogP contribution in [0.3, 0.4) is 0 Å². The molecule has 0 atom stereocenters. The molecule has 0 spiro atoms. The molecule has 0 saturated heterocycles. The molecule has 300 valence electrons. The third-order valence-corrected chi connectivity index (χ3v) is 12.8. The number of nitrogens with zero attached hydrogens (tertiary/aromatic N) is 5. The first-order chi connectivity index (χ1) is 31.1. The fraction of sp³-hybridized carbons (Fsp3) is 0.0526. The first kappa shape index (κ1) is 36.6. The van der Waals surface area contributed by atoms with Crippen LogP contribution in [0.4, 0.5) is 11.4 Å². The normalized spacial score (nSPS) is 12.8. The number of allylic oxidation sites excluding steroid dienone is 4. The molecule has 0 saturated carbocycles. The number of benzene rings is 8. The van der Waals surface area contributed by atoms with Crippen molar-refractivity contribution in [1.82, 2.24) is 18.7 Å². The molecule has 1 amide bonds. The van der Waals surface area contributed by atoms with Crippen LogP contribution in [0.5, 0.6) is 0 Å². The van der Waals surface area contributed by atoms with E-state index in [0.29, 0.717) is 0 Å². The molecule has 0 fully saturated rings. The van der Waals surface area contributed by atoms with Gasteiger partial charge >= 0.3 is 0 Å². The van der Waals surface area contributed by atoms with Gasteiger partial charge in [-0.05, 0) is 126 Å². The quantitative estimate of drug-likeness (QED) is 0.144. The van der Waals surface area contributed by atoms with Gasteiger partial charge in [-0.3, -0.25) is 9.69 Å². The van der Waals surface area contributed by atoms with Crippen molar-refractivity contribution in [2.24, 2.45) is 7.05 Å². The zero-order valence-electron chi connectivity index (χ0n) is 34.7. The number of imidazole rings is 1. The Morgan fingerprint density at radius 1 is 0.524 bits per heavy atom. The summed E-state index contributed by atoms with van der Waals surface area (Å²) in [6, 6.07) is 64.3. The number of rotatable bonds is 8. The topological polar surface area (TPSA) is 48.0 Å². The Hall–Kier alpha value is -8.22. The highest BCUT2D eigenvalue weighted by Gasteiger charge is 2.21. The van der Waals surface area contributed by atoms with Crippen LogP contribution in [-0.2, 0) is 11.8 Å². The maximum absolute atomic E-state index is 12.8. The lowest BCUT2D eigenvalue weighted by atomic mass is 9.99. The Morgan fingerprint density at radius 3 is 1.83 bits per heavy atom. The number of hydrogen-bond donors (Lipinski definition) is 0. The van der Waals surface area contributed by atoms with Gasteiger partial charge in [0.05, 0.1) is 38.8 Å². The van der Waals surface area contributed by atoms with Gasteiger partial charge in [0, 0.05) is 51.2 Å². The molecular formula is C57H41N5O. The van der Waals surface area contributed by atoms with Crippen molar-refractivity contribution >= 4 is 78.1 Å². The Labute approximate surface area is 364 Å². The second kappa shape index (κ2) is 14.8. The molecule has 0 unspecified atom stereocenters. The van der Waals surface area contributed by atoms with Crippen LogP contribution in [0.25, 0.3) is 99.7 Å². The molecule has 63 heavy (non-hydrogen) atoms. The Morgan fingerprint density at radius 2 is 1.13 bits per heavy atom. The Balaban J connectivity index is 0.980. The van der Waals surface area contributed by atoms with E-state index < -0.39 is 0 Å². The van der Waals surface area contributed by atoms with E-state index in [1.165, 1.54) is 49.4 Å². The summed E-state index contributed by atoms with van der Waals surface area (Å²) in [5.74, 6) is 0.786. The standard InChI is InChI=1S/C57H41N5O/c1-59-56-26-13-10-23-50(56)58-57(59)49-36-41(27-30-51(49)60(37-63)42-16-4-2-5-17-42)38-15-14-20-44(33-38)62-53-25-12-9-22-46(53)48-35-40(29-32-55(48)62)39-28-31-54-47(34-39)45-21-8-11-24-52(45)61(54)43-18-6-3-7-19-43/h2,4-6,8-37H,3,7H2,1H3. The number of fused-ring (bicyclic) bond motifs is 7. The number of carbonyl (C=O) groups excluding carboxylic acids is 1. The fourth-order valence-corrected chi connectivity index (χ4v) is 9.79. The molecular weight excluding hydrogens is 771 g/mol. The van der Waals surface area contributed by atoms with Gasteiger partial charge in [-0.15, -0.1) is 0 Å². The van der Waals surface area contributed by atoms with Crippen molar-refractivity contribution < 1.29 is 4.79 Å². The number of para-hydroxylation sites is 5. The maximum atomic E-state index is 12.8. The molecule has 8 aromatic carbocycles. The predicted octanol–water partition coefficient (Wildman–Crippen LogP) is 14.3. The highest BCUT2D eigenvalue weighted by Crippen LogP contribution is 2.41. The third-order valence-electron chi connectivity index (χ3n) is 12.8. The summed E-state index contributed by atoms with van der Waals surface area (Å²) in [7, 11) is 2.04. The lowest BCUT2D eigenvalue weighted by molar-refractivity contribution is -0.106. The van der Waals surface area contributed by atoms with E-state index in [1.807, 2.05) is 61.6 Å². The monoisotopic (exact) mass is 811 g/mol. The van der Waals surface area contributed by atoms with E-state index in [1.54, 1.807) is 4.90 Å². The van der Waals surface area contributed by atoms with Gasteiger partial charge in [-0.2, -0.15) is 0 Å². The highest BCUT2D eigenvalue weighted by atomic mass is 16.1. The van der Waals surface area contributed by atoms with Crippen molar-refractivity contribution in [3.63, 3.8) is 0 Å². The van der Waals surface area contributed by atoms with Crippen LogP contribution in [-0.4, -0.2) is 25.1 Å². The van der Waals surface area contributed by atoms with Crippen LogP contribution >= 0.6 is 0 Å². The minimum absolute atomic E-state index is 0.761. The predicted molar refractivity (Wildman–Crippen MR) is 262 cm³/mol. The molecule has 1 aliphatic carbocycles. The van der Waals surface area contributed by atoms with Gasteiger partial charge in [0.1, 0.15) is 5.82 Å². The Bertz CT molecular complexity index is 3680. The maximum Gasteiger partial charge on any atom is 0.218 e. The minimum Gasteiger partial charge on any atom is -0.327 e. The van der Waals surface area contributed by atoms with E-state index >= 15 is 0 Å². The zero-order valence-corrected chi connectivity index (χ0v) is 34.7. The molecule has 3 heterocycles. The average molecular weight is 812 g/mol. The molecule has 0 radical (unpaired) electrons. The molecule has 3 aromatic heterocycles. The van der Waals surface area contributed by atoms with Gasteiger partial charge in [-0.1, -0.05) is 109 Å². The SMILES string of the molecule is Cn1c(-c2cc(-c3cccc(-n4c5ccccc5c5cc(-c6ccc7c(c6)c6ccccc6n7C6=CCCC=C6)ccc54)c3)ccc2N(C=O)c2ccccc2)nc2ccccc21. The van der Waals surface area contributed by atoms with Crippen LogP contribution in [0, 0.1) is 0 Å². The third kappa shape index (κ3) is 5.94. The molecule has 6 heteroatoms. The molecule has 11 aromatic rings. The summed E-state index contributed by atoms with van der Waals surface area (Å²) in [6.45, 7) is 0. The second-order valence-corrected chi connectivity index (χ2v) is 16.4. The number of anilines is 2. The summed E-state index contributed by atoms with van der Waals surface area (Å²) >= 11 is 0. The van der Waals surface area contributed by atoms with Gasteiger partial charge in [0.15, 0.2) is 0 Å². The van der Waals surface area contributed by atoms with Crippen LogP contribution in [0.15, 0.2) is 200 Å². The highest BCUT2D eigenvalue weighted by molar-refractivity contribution is 6.13. The van der Waals surface area contributed by atoms with E-state index in [-0.39, 0.29) is 0 Å². The van der Waals surface area contributed by atoms with E-state index in [9.17, 15) is 4.79 Å². The smallest absolute Gasteiger partial charge is 0.218 e. The second-order valence-electron chi connectivity index (χ2n) is 16.4. The first-order valence-corrected chi connectivity index (χ1v) is 21.5. The first-order valence-electron chi connectivity index (χ1n) is 21.5. The van der Waals surface area contributed by atoms with Gasteiger partial charge in [-0.25, -0.2) is 4.98 Å². The lowest BCUT2D eigenvalue weighted by Gasteiger charge is -2.22. The summed E-state index contributed by atoms with van der Waals surface area (Å²) in [6.07, 6.45) is 9.92. The van der Waals surface area contributed by atoms with E-state index in [4.69, 9.17) is 4.98 Å². The molecule has 0 bridgehead atoms. The number of aromatic nitrogens is 4. The van der Waals surface area contributed by atoms with Crippen LogP contribution in [0.1, 0.15) is 12.8 Å². The van der Waals surface area contributed by atoms with Crippen molar-refractivity contribution in [2.75, 3.05) is 4.90 Å². The molecule has 1 aliphatic rings. The summed E-state index contributed by atoms with van der Waals surface area (Å²) < 4.78 is 6.90. The minimum atomic E-state index is 0.761. The fourth-order valence-electron chi connectivity index (χ4n) is 9.79. The zero-order chi connectivity index (χ0) is 42.0. The number of aryl methyl sites for hydroxylation is 1. The molecule has 0 aliphatic heterocycles.